The Bertz CT molecular complexity index is 625. The number of hydrogen-bond acceptors (Lipinski definition) is 4. The van der Waals surface area contributed by atoms with Crippen molar-refractivity contribution in [3.63, 3.8) is 0 Å². The van der Waals surface area contributed by atoms with Gasteiger partial charge in [-0.05, 0) is 39.0 Å². The van der Waals surface area contributed by atoms with E-state index in [1.54, 1.807) is 6.07 Å². The predicted octanol–water partition coefficient (Wildman–Crippen LogP) is 2.14. The molecule has 8 heteroatoms. The van der Waals surface area contributed by atoms with E-state index in [0.29, 0.717) is 5.75 Å². The molecule has 7 nitrogen and oxygen atoms in total. The van der Waals surface area contributed by atoms with Gasteiger partial charge in [-0.15, -0.1) is 0 Å². The van der Waals surface area contributed by atoms with Gasteiger partial charge in [0.25, 0.3) is 5.91 Å². The highest BCUT2D eigenvalue weighted by Gasteiger charge is 2.15. The first kappa shape index (κ1) is 20.0. The Hall–Kier alpha value is -2.09. The molecule has 132 valence electrons. The second-order valence-electron chi connectivity index (χ2n) is 6.17. The van der Waals surface area contributed by atoms with Crippen LogP contribution >= 0.6 is 15.9 Å². The van der Waals surface area contributed by atoms with Gasteiger partial charge >= 0.3 is 5.97 Å². The van der Waals surface area contributed by atoms with Gasteiger partial charge in [0.1, 0.15) is 5.75 Å². The van der Waals surface area contributed by atoms with Gasteiger partial charge in [0.05, 0.1) is 10.9 Å². The number of benzene rings is 1. The standard InChI is InChI=1S/C16H21BrN2O5/c1-16(2,3)10-4-5-12(11(17)8-10)24-9-14(21)19-18-13(20)6-7-15(22)23/h4-5,8H,6-7,9H2,1-3H3,(H,18,20)(H,19,21)(H,22,23). The van der Waals surface area contributed by atoms with E-state index in [9.17, 15) is 14.4 Å². The fraction of sp³-hybridized carbons (Fsp3) is 0.438. The fourth-order valence-corrected chi connectivity index (χ4v) is 2.18. The molecule has 0 atom stereocenters. The van der Waals surface area contributed by atoms with Crippen LogP contribution in [-0.2, 0) is 19.8 Å². The summed E-state index contributed by atoms with van der Waals surface area (Å²) in [5.74, 6) is -1.70. The number of carbonyl (C=O) groups is 3. The summed E-state index contributed by atoms with van der Waals surface area (Å²) in [5, 5.41) is 8.45. The number of rotatable bonds is 6. The van der Waals surface area contributed by atoms with Gasteiger partial charge in [0.2, 0.25) is 5.91 Å². The lowest BCUT2D eigenvalue weighted by atomic mass is 9.87. The highest BCUT2D eigenvalue weighted by atomic mass is 79.9. The molecule has 1 aromatic rings. The van der Waals surface area contributed by atoms with Crippen molar-refractivity contribution < 1.29 is 24.2 Å². The van der Waals surface area contributed by atoms with E-state index in [-0.39, 0.29) is 24.9 Å². The van der Waals surface area contributed by atoms with Crippen molar-refractivity contribution in [1.82, 2.24) is 10.9 Å². The maximum atomic E-state index is 11.6. The van der Waals surface area contributed by atoms with Crippen LogP contribution in [0.1, 0.15) is 39.2 Å². The molecule has 0 aliphatic heterocycles. The molecule has 0 spiro atoms. The van der Waals surface area contributed by atoms with Crippen molar-refractivity contribution in [3.05, 3.63) is 28.2 Å². The number of aliphatic carboxylic acids is 1. The molecular weight excluding hydrogens is 380 g/mol. The molecule has 1 rings (SSSR count). The maximum Gasteiger partial charge on any atom is 0.303 e. The minimum Gasteiger partial charge on any atom is -0.483 e. The SMILES string of the molecule is CC(C)(C)c1ccc(OCC(=O)NNC(=O)CCC(=O)O)c(Br)c1. The second kappa shape index (κ2) is 8.68. The summed E-state index contributed by atoms with van der Waals surface area (Å²) in [4.78, 5) is 33.2. The van der Waals surface area contributed by atoms with Crippen molar-refractivity contribution in [2.24, 2.45) is 0 Å². The third-order valence-electron chi connectivity index (χ3n) is 3.06. The molecule has 0 saturated heterocycles. The first-order valence-electron chi connectivity index (χ1n) is 7.32. The number of nitrogens with one attached hydrogen (secondary N) is 2. The predicted molar refractivity (Wildman–Crippen MR) is 91.5 cm³/mol. The number of halogens is 1. The topological polar surface area (TPSA) is 105 Å². The van der Waals surface area contributed by atoms with Gasteiger partial charge in [-0.3, -0.25) is 25.2 Å². The van der Waals surface area contributed by atoms with E-state index < -0.39 is 17.8 Å². The quantitative estimate of drug-likeness (QED) is 0.634. The minimum atomic E-state index is -1.08. The summed E-state index contributed by atoms with van der Waals surface area (Å²) in [5.41, 5.74) is 5.40. The number of hydrazine groups is 1. The van der Waals surface area contributed by atoms with Crippen molar-refractivity contribution in [1.29, 1.82) is 0 Å². The highest BCUT2D eigenvalue weighted by molar-refractivity contribution is 9.10. The van der Waals surface area contributed by atoms with Crippen LogP contribution in [0.4, 0.5) is 0 Å². The van der Waals surface area contributed by atoms with Crippen LogP contribution in [0.5, 0.6) is 5.75 Å². The van der Waals surface area contributed by atoms with Crippen LogP contribution in [-0.4, -0.2) is 29.5 Å². The van der Waals surface area contributed by atoms with E-state index >= 15 is 0 Å². The largest absolute Gasteiger partial charge is 0.483 e. The van der Waals surface area contributed by atoms with Gasteiger partial charge < -0.3 is 9.84 Å². The third-order valence-corrected chi connectivity index (χ3v) is 3.68. The lowest BCUT2D eigenvalue weighted by Gasteiger charge is -2.20. The molecule has 2 amide bonds. The molecule has 0 aliphatic rings. The zero-order valence-corrected chi connectivity index (χ0v) is 15.4. The average molecular weight is 401 g/mol. The highest BCUT2D eigenvalue weighted by Crippen LogP contribution is 2.31. The average Bonchev–Trinajstić information content (AvgIpc) is 2.48. The van der Waals surface area contributed by atoms with Crippen LogP contribution in [0.25, 0.3) is 0 Å². The molecule has 0 saturated carbocycles. The van der Waals surface area contributed by atoms with Crippen molar-refractivity contribution in [2.75, 3.05) is 6.61 Å². The zero-order chi connectivity index (χ0) is 18.3. The number of carboxylic acids is 1. The Morgan fingerprint density at radius 3 is 2.29 bits per heavy atom. The normalized spacial score (nSPS) is 10.8. The molecule has 0 unspecified atom stereocenters. The number of carboxylic acid groups (broad SMARTS) is 1. The number of ether oxygens (including phenoxy) is 1. The molecule has 0 aliphatic carbocycles. The molecule has 0 bridgehead atoms. The molecule has 3 N–H and O–H groups in total. The fourth-order valence-electron chi connectivity index (χ4n) is 1.69. The maximum absolute atomic E-state index is 11.6. The number of carbonyl (C=O) groups excluding carboxylic acids is 2. The Kier molecular flexibility index (Phi) is 7.21. The van der Waals surface area contributed by atoms with Crippen LogP contribution in [0.15, 0.2) is 22.7 Å². The number of amides is 2. The summed E-state index contributed by atoms with van der Waals surface area (Å²) in [6, 6.07) is 5.62. The van der Waals surface area contributed by atoms with Crippen molar-refractivity contribution in [2.45, 2.75) is 39.0 Å². The minimum absolute atomic E-state index is 0.00133. The van der Waals surface area contributed by atoms with Gasteiger partial charge in [-0.2, -0.15) is 0 Å². The molecule has 0 aromatic heterocycles. The van der Waals surface area contributed by atoms with E-state index in [1.807, 2.05) is 12.1 Å². The van der Waals surface area contributed by atoms with Crippen LogP contribution in [0, 0.1) is 0 Å². The smallest absolute Gasteiger partial charge is 0.303 e. The van der Waals surface area contributed by atoms with Crippen molar-refractivity contribution >= 4 is 33.7 Å². The molecule has 0 fully saturated rings. The molecule has 0 heterocycles. The monoisotopic (exact) mass is 400 g/mol. The summed E-state index contributed by atoms with van der Waals surface area (Å²) in [6.45, 7) is 5.99. The summed E-state index contributed by atoms with van der Waals surface area (Å²) < 4.78 is 6.12. The van der Waals surface area contributed by atoms with E-state index in [1.165, 1.54) is 0 Å². The second-order valence-corrected chi connectivity index (χ2v) is 7.03. The third kappa shape index (κ3) is 6.99. The Balaban J connectivity index is 2.45. The molecule has 1 aromatic carbocycles. The summed E-state index contributed by atoms with van der Waals surface area (Å²) in [7, 11) is 0. The Labute approximate surface area is 148 Å². The lowest BCUT2D eigenvalue weighted by Crippen LogP contribution is -2.43. The zero-order valence-electron chi connectivity index (χ0n) is 13.8. The first-order chi connectivity index (χ1) is 11.1. The summed E-state index contributed by atoms with van der Waals surface area (Å²) >= 11 is 3.40. The van der Waals surface area contributed by atoms with E-state index in [0.717, 1.165) is 10.0 Å². The Morgan fingerprint density at radius 2 is 1.75 bits per heavy atom. The van der Waals surface area contributed by atoms with Gasteiger partial charge in [-0.25, -0.2) is 0 Å². The Morgan fingerprint density at radius 1 is 1.12 bits per heavy atom. The molecular formula is C16H21BrN2O5. The van der Waals surface area contributed by atoms with Crippen molar-refractivity contribution in [3.8, 4) is 5.75 Å². The van der Waals surface area contributed by atoms with Crippen LogP contribution in [0.2, 0.25) is 0 Å². The van der Waals surface area contributed by atoms with Gasteiger partial charge in [-0.1, -0.05) is 26.8 Å². The first-order valence-corrected chi connectivity index (χ1v) is 8.11. The van der Waals surface area contributed by atoms with E-state index in [2.05, 4.69) is 47.6 Å². The van der Waals surface area contributed by atoms with Gasteiger partial charge in [0.15, 0.2) is 6.61 Å². The summed E-state index contributed by atoms with van der Waals surface area (Å²) in [6.07, 6.45) is -0.512. The van der Waals surface area contributed by atoms with Gasteiger partial charge in [0, 0.05) is 6.42 Å². The van der Waals surface area contributed by atoms with Crippen LogP contribution in [0.3, 0.4) is 0 Å². The lowest BCUT2D eigenvalue weighted by molar-refractivity contribution is -0.139. The molecule has 24 heavy (non-hydrogen) atoms. The van der Waals surface area contributed by atoms with E-state index in [4.69, 9.17) is 9.84 Å². The number of hydrogen-bond donors (Lipinski definition) is 3. The molecule has 0 radical (unpaired) electrons. The van der Waals surface area contributed by atoms with Crippen LogP contribution < -0.4 is 15.6 Å².